The SMILES string of the molecule is O=C(CN1C(=O)c2cccc([N+](=O)[O-])c2C1=O)c1ccc(F)c(F)c1. The van der Waals surface area contributed by atoms with E-state index in [1.54, 1.807) is 0 Å². The van der Waals surface area contributed by atoms with Crippen LogP contribution < -0.4 is 0 Å². The largest absolute Gasteiger partial charge is 0.292 e. The lowest BCUT2D eigenvalue weighted by molar-refractivity contribution is -0.385. The molecule has 0 radical (unpaired) electrons. The molecule has 0 unspecified atom stereocenters. The van der Waals surface area contributed by atoms with Gasteiger partial charge < -0.3 is 0 Å². The first-order chi connectivity index (χ1) is 11.8. The van der Waals surface area contributed by atoms with E-state index in [0.29, 0.717) is 11.0 Å². The van der Waals surface area contributed by atoms with Crippen LogP contribution in [0.4, 0.5) is 14.5 Å². The average Bonchev–Trinajstić information content (AvgIpc) is 2.82. The van der Waals surface area contributed by atoms with Crippen molar-refractivity contribution in [2.45, 2.75) is 0 Å². The van der Waals surface area contributed by atoms with Gasteiger partial charge in [-0.25, -0.2) is 8.78 Å². The highest BCUT2D eigenvalue weighted by molar-refractivity contribution is 6.24. The maximum atomic E-state index is 13.2. The number of imide groups is 1. The number of carbonyl (C=O) groups excluding carboxylic acids is 3. The summed E-state index contributed by atoms with van der Waals surface area (Å²) in [6.07, 6.45) is 0. The molecule has 0 spiro atoms. The van der Waals surface area contributed by atoms with Gasteiger partial charge >= 0.3 is 0 Å². The number of hydrogen-bond acceptors (Lipinski definition) is 5. The molecule has 0 aromatic heterocycles. The van der Waals surface area contributed by atoms with Crippen LogP contribution in [0.1, 0.15) is 31.1 Å². The van der Waals surface area contributed by atoms with E-state index in [9.17, 15) is 33.3 Å². The minimum atomic E-state index is -1.25. The summed E-state index contributed by atoms with van der Waals surface area (Å²) < 4.78 is 26.1. The van der Waals surface area contributed by atoms with Crippen molar-refractivity contribution in [3.8, 4) is 0 Å². The van der Waals surface area contributed by atoms with E-state index >= 15 is 0 Å². The van der Waals surface area contributed by atoms with Gasteiger partial charge in [-0.1, -0.05) is 6.07 Å². The molecule has 3 rings (SSSR count). The maximum absolute atomic E-state index is 13.2. The van der Waals surface area contributed by atoms with Crippen LogP contribution in [0.25, 0.3) is 0 Å². The lowest BCUT2D eigenvalue weighted by Crippen LogP contribution is -2.35. The molecule has 9 heteroatoms. The Morgan fingerprint density at radius 2 is 1.80 bits per heavy atom. The molecule has 25 heavy (non-hydrogen) atoms. The maximum Gasteiger partial charge on any atom is 0.282 e. The quantitative estimate of drug-likeness (QED) is 0.366. The van der Waals surface area contributed by atoms with Crippen LogP contribution >= 0.6 is 0 Å². The van der Waals surface area contributed by atoms with Crippen LogP contribution in [-0.2, 0) is 0 Å². The molecular weight excluding hydrogens is 338 g/mol. The van der Waals surface area contributed by atoms with Gasteiger partial charge in [0.15, 0.2) is 17.4 Å². The standard InChI is InChI=1S/C16H8F2N2O5/c17-10-5-4-8(6-11(10)18)13(21)7-19-15(22)9-2-1-3-12(20(24)25)14(9)16(19)23/h1-6H,7H2. The molecule has 0 saturated carbocycles. The molecule has 1 aliphatic rings. The molecule has 126 valence electrons. The molecule has 0 N–H and O–H groups in total. The Morgan fingerprint density at radius 3 is 2.44 bits per heavy atom. The molecule has 1 aliphatic heterocycles. The molecule has 2 amide bonds. The summed E-state index contributed by atoms with van der Waals surface area (Å²) in [5.41, 5.74) is -1.35. The molecule has 2 aromatic carbocycles. The third-order valence-electron chi connectivity index (χ3n) is 3.72. The summed E-state index contributed by atoms with van der Waals surface area (Å²) >= 11 is 0. The second kappa shape index (κ2) is 5.86. The van der Waals surface area contributed by atoms with Gasteiger partial charge in [-0.3, -0.25) is 29.4 Å². The Labute approximate surface area is 138 Å². The summed E-state index contributed by atoms with van der Waals surface area (Å²) in [5, 5.41) is 11.0. The molecule has 0 aliphatic carbocycles. The van der Waals surface area contributed by atoms with E-state index in [1.807, 2.05) is 0 Å². The molecular formula is C16H8F2N2O5. The monoisotopic (exact) mass is 346 g/mol. The van der Waals surface area contributed by atoms with Crippen LogP contribution in [0.15, 0.2) is 36.4 Å². The molecule has 0 bridgehead atoms. The minimum Gasteiger partial charge on any atom is -0.292 e. The van der Waals surface area contributed by atoms with Crippen molar-refractivity contribution < 1.29 is 28.1 Å². The Morgan fingerprint density at radius 1 is 1.08 bits per heavy atom. The van der Waals surface area contributed by atoms with Crippen molar-refractivity contribution in [2.75, 3.05) is 6.54 Å². The number of benzene rings is 2. The lowest BCUT2D eigenvalue weighted by Gasteiger charge is -2.12. The third kappa shape index (κ3) is 2.65. The normalized spacial score (nSPS) is 13.1. The topological polar surface area (TPSA) is 97.6 Å². The van der Waals surface area contributed by atoms with Gasteiger partial charge in [0, 0.05) is 11.6 Å². The number of fused-ring (bicyclic) bond motifs is 1. The van der Waals surface area contributed by atoms with E-state index in [0.717, 1.165) is 18.2 Å². The number of amides is 2. The summed E-state index contributed by atoms with van der Waals surface area (Å²) in [4.78, 5) is 47.5. The van der Waals surface area contributed by atoms with Gasteiger partial charge in [0.25, 0.3) is 17.5 Å². The highest BCUT2D eigenvalue weighted by Gasteiger charge is 2.41. The van der Waals surface area contributed by atoms with Crippen molar-refractivity contribution >= 4 is 23.3 Å². The van der Waals surface area contributed by atoms with E-state index in [4.69, 9.17) is 0 Å². The molecule has 0 atom stereocenters. The zero-order chi connectivity index (χ0) is 18.3. The van der Waals surface area contributed by atoms with Gasteiger partial charge in [-0.05, 0) is 24.3 Å². The highest BCUT2D eigenvalue weighted by atomic mass is 19.2. The van der Waals surface area contributed by atoms with Crippen LogP contribution in [-0.4, -0.2) is 34.0 Å². The zero-order valence-electron chi connectivity index (χ0n) is 12.4. The number of Topliss-reactive ketones (excluding diaryl/α,β-unsaturated/α-hetero) is 1. The van der Waals surface area contributed by atoms with Crippen molar-refractivity contribution in [3.05, 3.63) is 74.8 Å². The smallest absolute Gasteiger partial charge is 0.282 e. The predicted molar refractivity (Wildman–Crippen MR) is 79.2 cm³/mol. The van der Waals surface area contributed by atoms with Crippen LogP contribution in [0.5, 0.6) is 0 Å². The molecule has 0 fully saturated rings. The number of rotatable bonds is 4. The Balaban J connectivity index is 1.92. The summed E-state index contributed by atoms with van der Waals surface area (Å²) in [5.74, 6) is -5.05. The summed E-state index contributed by atoms with van der Waals surface area (Å²) in [6, 6.07) is 5.98. The molecule has 0 saturated heterocycles. The van der Waals surface area contributed by atoms with Crippen LogP contribution in [0.2, 0.25) is 0 Å². The Kier molecular flexibility index (Phi) is 3.84. The van der Waals surface area contributed by atoms with Crippen molar-refractivity contribution in [1.29, 1.82) is 0 Å². The van der Waals surface area contributed by atoms with Gasteiger partial charge in [0.1, 0.15) is 5.56 Å². The molecule has 2 aromatic rings. The Hall–Kier alpha value is -3.49. The molecule has 7 nitrogen and oxygen atoms in total. The fraction of sp³-hybridized carbons (Fsp3) is 0.0625. The highest BCUT2D eigenvalue weighted by Crippen LogP contribution is 2.30. The Bertz CT molecular complexity index is 958. The average molecular weight is 346 g/mol. The summed E-state index contributed by atoms with van der Waals surface area (Å²) in [7, 11) is 0. The van der Waals surface area contributed by atoms with E-state index in [-0.39, 0.29) is 11.1 Å². The van der Waals surface area contributed by atoms with Crippen LogP contribution in [0, 0.1) is 21.7 Å². The van der Waals surface area contributed by atoms with E-state index in [2.05, 4.69) is 0 Å². The lowest BCUT2D eigenvalue weighted by atomic mass is 10.1. The second-order valence-electron chi connectivity index (χ2n) is 5.21. The van der Waals surface area contributed by atoms with E-state index < -0.39 is 52.0 Å². The first-order valence-electron chi connectivity index (χ1n) is 6.93. The van der Waals surface area contributed by atoms with E-state index in [1.165, 1.54) is 12.1 Å². The number of nitro groups is 1. The third-order valence-corrected chi connectivity index (χ3v) is 3.72. The van der Waals surface area contributed by atoms with Gasteiger partial charge in [0.2, 0.25) is 0 Å². The molecule has 1 heterocycles. The number of ketones is 1. The number of halogens is 2. The predicted octanol–water partition coefficient (Wildman–Crippen LogP) is 2.35. The number of nitro benzene ring substituents is 1. The number of nitrogens with zero attached hydrogens (tertiary/aromatic N) is 2. The first kappa shape index (κ1) is 16.4. The van der Waals surface area contributed by atoms with Gasteiger partial charge in [-0.2, -0.15) is 0 Å². The van der Waals surface area contributed by atoms with Gasteiger partial charge in [-0.15, -0.1) is 0 Å². The number of hydrogen-bond donors (Lipinski definition) is 0. The van der Waals surface area contributed by atoms with Crippen molar-refractivity contribution in [1.82, 2.24) is 4.90 Å². The first-order valence-corrected chi connectivity index (χ1v) is 6.93. The van der Waals surface area contributed by atoms with Crippen molar-refractivity contribution in [3.63, 3.8) is 0 Å². The van der Waals surface area contributed by atoms with Gasteiger partial charge in [0.05, 0.1) is 17.0 Å². The zero-order valence-corrected chi connectivity index (χ0v) is 12.4. The second-order valence-corrected chi connectivity index (χ2v) is 5.21. The fourth-order valence-corrected chi connectivity index (χ4v) is 2.52. The van der Waals surface area contributed by atoms with Crippen molar-refractivity contribution in [2.24, 2.45) is 0 Å². The fourth-order valence-electron chi connectivity index (χ4n) is 2.52. The summed E-state index contributed by atoms with van der Waals surface area (Å²) in [6.45, 7) is -0.741. The number of carbonyl (C=O) groups is 3. The van der Waals surface area contributed by atoms with Crippen LogP contribution in [0.3, 0.4) is 0 Å². The minimum absolute atomic E-state index is 0.183.